The highest BCUT2D eigenvalue weighted by Crippen LogP contribution is 2.16. The van der Waals surface area contributed by atoms with Crippen LogP contribution < -0.4 is 16.4 Å². The molecule has 3 aromatic heterocycles. The summed E-state index contributed by atoms with van der Waals surface area (Å²) in [7, 11) is 7.97. The van der Waals surface area contributed by atoms with Gasteiger partial charge < -0.3 is 24.1 Å². The Hall–Kier alpha value is -2.82. The molecule has 9 nitrogen and oxygen atoms in total. The van der Waals surface area contributed by atoms with Crippen molar-refractivity contribution in [3.05, 3.63) is 80.0 Å². The van der Waals surface area contributed by atoms with Crippen LogP contribution in [0.3, 0.4) is 0 Å². The summed E-state index contributed by atoms with van der Waals surface area (Å²) in [5.74, 6) is 4.01. The topological polar surface area (TPSA) is 99.4 Å². The second-order valence-corrected chi connectivity index (χ2v) is 9.82. The van der Waals surface area contributed by atoms with Crippen LogP contribution in [0.25, 0.3) is 0 Å². The van der Waals surface area contributed by atoms with Crippen molar-refractivity contribution in [1.82, 2.24) is 24.3 Å². The molecule has 0 aromatic carbocycles. The van der Waals surface area contributed by atoms with Crippen LogP contribution in [-0.2, 0) is 25.3 Å². The lowest BCUT2D eigenvalue weighted by Gasteiger charge is -2.11. The van der Waals surface area contributed by atoms with Crippen LogP contribution in [0.2, 0.25) is 0 Å². The van der Waals surface area contributed by atoms with Crippen molar-refractivity contribution in [2.45, 2.75) is 25.3 Å². The highest BCUT2D eigenvalue weighted by Gasteiger charge is 2.07. The third-order valence-corrected chi connectivity index (χ3v) is 6.07. The third-order valence-electron chi connectivity index (χ3n) is 5.09. The number of likely N-dealkylation sites (N-methyl/N-ethyl adjacent to an activating group) is 1. The Morgan fingerprint density at radius 3 is 2.62 bits per heavy atom. The Kier molecular flexibility index (Phi) is 9.55. The smallest absolute Gasteiger partial charge is 0.255 e. The van der Waals surface area contributed by atoms with Crippen molar-refractivity contribution in [3.63, 3.8) is 0 Å². The van der Waals surface area contributed by atoms with Crippen LogP contribution in [-0.4, -0.2) is 71.4 Å². The summed E-state index contributed by atoms with van der Waals surface area (Å²) in [5, 5.41) is 3.15. The molecule has 0 radical (unpaired) electrons. The van der Waals surface area contributed by atoms with Crippen molar-refractivity contribution in [1.29, 1.82) is 0 Å². The first-order valence-electron chi connectivity index (χ1n) is 11.3. The molecule has 2 N–H and O–H groups in total. The molecule has 10 heteroatoms. The average Bonchev–Trinajstić information content (AvgIpc) is 3.21. The predicted molar refractivity (Wildman–Crippen MR) is 138 cm³/mol. The Morgan fingerprint density at radius 2 is 1.91 bits per heavy atom. The molecule has 34 heavy (non-hydrogen) atoms. The minimum absolute atomic E-state index is 0.0667. The number of hydrogen-bond acceptors (Lipinski definition) is 8. The van der Waals surface area contributed by atoms with E-state index < -0.39 is 0 Å². The van der Waals surface area contributed by atoms with Crippen molar-refractivity contribution >= 4 is 17.7 Å². The van der Waals surface area contributed by atoms with Gasteiger partial charge in [-0.2, -0.15) is 11.8 Å². The molecule has 0 aliphatic carbocycles. The maximum absolute atomic E-state index is 12.5. The lowest BCUT2D eigenvalue weighted by atomic mass is 10.1. The highest BCUT2D eigenvalue weighted by atomic mass is 32.2. The Morgan fingerprint density at radius 1 is 1.12 bits per heavy atom. The van der Waals surface area contributed by atoms with Gasteiger partial charge in [0.2, 0.25) is 5.95 Å². The summed E-state index contributed by atoms with van der Waals surface area (Å²) in [5.41, 5.74) is 1.05. The predicted octanol–water partition coefficient (Wildman–Crippen LogP) is 2.08. The number of aromatic amines is 1. The van der Waals surface area contributed by atoms with Gasteiger partial charge in [-0.3, -0.25) is 14.6 Å². The number of H-pyrrole nitrogens is 1. The van der Waals surface area contributed by atoms with E-state index >= 15 is 0 Å². The number of pyridine rings is 1. The second kappa shape index (κ2) is 12.6. The van der Waals surface area contributed by atoms with Crippen LogP contribution >= 0.6 is 11.8 Å². The molecular weight excluding hydrogens is 452 g/mol. The molecule has 0 saturated carbocycles. The minimum Gasteiger partial charge on any atom is -0.464 e. The molecule has 0 atom stereocenters. The zero-order valence-corrected chi connectivity index (χ0v) is 21.2. The Balaban J connectivity index is 1.45. The van der Waals surface area contributed by atoms with Crippen LogP contribution in [0, 0.1) is 0 Å². The van der Waals surface area contributed by atoms with Gasteiger partial charge in [0.05, 0.1) is 12.3 Å². The van der Waals surface area contributed by atoms with Gasteiger partial charge in [-0.1, -0.05) is 0 Å². The fourth-order valence-electron chi connectivity index (χ4n) is 3.32. The molecule has 3 rings (SSSR count). The van der Waals surface area contributed by atoms with Crippen molar-refractivity contribution in [2.75, 3.05) is 52.3 Å². The van der Waals surface area contributed by atoms with E-state index in [2.05, 4.69) is 20.2 Å². The fraction of sp³-hybridized carbons (Fsp3) is 0.458. The number of anilines is 1. The van der Waals surface area contributed by atoms with Gasteiger partial charge in [0.1, 0.15) is 11.5 Å². The van der Waals surface area contributed by atoms with Crippen LogP contribution in [0.15, 0.2) is 50.7 Å². The average molecular weight is 487 g/mol. The number of aromatic nitrogens is 3. The van der Waals surface area contributed by atoms with Crippen LogP contribution in [0.5, 0.6) is 0 Å². The largest absolute Gasteiger partial charge is 0.464 e. The van der Waals surface area contributed by atoms with E-state index in [9.17, 15) is 9.59 Å². The summed E-state index contributed by atoms with van der Waals surface area (Å²) in [6.07, 6.45) is 3.71. The minimum atomic E-state index is -0.203. The number of rotatable bonds is 13. The SMILES string of the molecule is CN(C)CCn1ccc(Cc2cnc(NCCSCc3ccc(CN(C)C)o3)[nH]c2=O)cc1=O. The first-order valence-corrected chi connectivity index (χ1v) is 12.4. The standard InChI is InChI=1S/C24H34N6O3S/c1-28(2)10-11-30-9-7-18(14-22(30)31)13-19-15-26-24(27-23(19)32)25-8-12-34-17-21-6-5-20(33-21)16-29(3)4/h5-7,9,14-15H,8,10-13,16-17H2,1-4H3,(H2,25,26,27,32). The molecule has 3 heterocycles. The van der Waals surface area contributed by atoms with Crippen molar-refractivity contribution in [2.24, 2.45) is 0 Å². The molecule has 0 spiro atoms. The summed E-state index contributed by atoms with van der Waals surface area (Å²) >= 11 is 1.75. The molecule has 0 saturated heterocycles. The van der Waals surface area contributed by atoms with E-state index in [0.29, 0.717) is 31.0 Å². The normalized spacial score (nSPS) is 11.5. The first kappa shape index (κ1) is 25.8. The molecule has 0 aliphatic heterocycles. The summed E-state index contributed by atoms with van der Waals surface area (Å²) in [6, 6.07) is 7.49. The van der Waals surface area contributed by atoms with Crippen molar-refractivity contribution < 1.29 is 4.42 Å². The van der Waals surface area contributed by atoms with Gasteiger partial charge in [0.25, 0.3) is 11.1 Å². The van der Waals surface area contributed by atoms with E-state index in [1.54, 1.807) is 34.8 Å². The molecule has 3 aromatic rings. The molecule has 0 amide bonds. The summed E-state index contributed by atoms with van der Waals surface area (Å²) < 4.78 is 7.48. The first-order chi connectivity index (χ1) is 16.3. The van der Waals surface area contributed by atoms with E-state index in [-0.39, 0.29) is 11.1 Å². The van der Waals surface area contributed by atoms with Gasteiger partial charge in [-0.05, 0) is 52.0 Å². The quantitative estimate of drug-likeness (QED) is 0.354. The lowest BCUT2D eigenvalue weighted by Crippen LogP contribution is -2.26. The van der Waals surface area contributed by atoms with Gasteiger partial charge in [0.15, 0.2) is 0 Å². The zero-order valence-electron chi connectivity index (χ0n) is 20.3. The summed E-state index contributed by atoms with van der Waals surface area (Å²) in [4.78, 5) is 36.0. The van der Waals surface area contributed by atoms with Crippen LogP contribution in [0.4, 0.5) is 5.95 Å². The lowest BCUT2D eigenvalue weighted by molar-refractivity contribution is 0.344. The second-order valence-electron chi connectivity index (χ2n) is 8.72. The number of furan rings is 1. The van der Waals surface area contributed by atoms with Gasteiger partial charge >= 0.3 is 0 Å². The highest BCUT2D eigenvalue weighted by molar-refractivity contribution is 7.98. The Labute approximate surface area is 204 Å². The molecule has 0 aliphatic rings. The van der Waals surface area contributed by atoms with Crippen molar-refractivity contribution in [3.8, 4) is 0 Å². The van der Waals surface area contributed by atoms with Gasteiger partial charge in [-0.25, -0.2) is 4.98 Å². The number of thioether (sulfide) groups is 1. The third kappa shape index (κ3) is 8.19. The molecule has 0 bridgehead atoms. The maximum atomic E-state index is 12.5. The van der Waals surface area contributed by atoms with Gasteiger partial charge in [0, 0.05) is 55.8 Å². The fourth-order valence-corrected chi connectivity index (χ4v) is 4.07. The van der Waals surface area contributed by atoms with Gasteiger partial charge in [-0.15, -0.1) is 0 Å². The Bertz CT molecular complexity index is 1170. The van der Waals surface area contributed by atoms with Crippen LogP contribution in [0.1, 0.15) is 22.6 Å². The zero-order chi connectivity index (χ0) is 24.5. The molecule has 0 unspecified atom stereocenters. The van der Waals surface area contributed by atoms with E-state index in [1.807, 2.05) is 51.3 Å². The number of nitrogens with one attached hydrogen (secondary N) is 2. The van der Waals surface area contributed by atoms with E-state index in [4.69, 9.17) is 4.42 Å². The number of nitrogens with zero attached hydrogens (tertiary/aromatic N) is 4. The molecule has 184 valence electrons. The molecule has 0 fully saturated rings. The molecular formula is C24H34N6O3S. The van der Waals surface area contributed by atoms with E-state index in [0.717, 1.165) is 41.7 Å². The monoisotopic (exact) mass is 486 g/mol. The van der Waals surface area contributed by atoms with E-state index in [1.165, 1.54) is 0 Å². The summed E-state index contributed by atoms with van der Waals surface area (Å²) in [6.45, 7) is 2.88. The maximum Gasteiger partial charge on any atom is 0.255 e. The number of hydrogen-bond donors (Lipinski definition) is 2.